The molecule has 0 saturated heterocycles. The summed E-state index contributed by atoms with van der Waals surface area (Å²) in [7, 11) is 0. The molecule has 0 aromatic heterocycles. The van der Waals surface area contributed by atoms with Gasteiger partial charge in [-0.1, -0.05) is 31.0 Å². The van der Waals surface area contributed by atoms with Crippen LogP contribution in [-0.2, 0) is 9.59 Å². The van der Waals surface area contributed by atoms with Crippen molar-refractivity contribution in [3.05, 3.63) is 30.3 Å². The van der Waals surface area contributed by atoms with Crippen LogP contribution in [0.5, 0.6) is 5.75 Å². The number of rotatable bonds is 7. The molecule has 1 atom stereocenters. The molecule has 5 nitrogen and oxygen atoms in total. The summed E-state index contributed by atoms with van der Waals surface area (Å²) < 4.78 is 5.54. The zero-order chi connectivity index (χ0) is 15.8. The Kier molecular flexibility index (Phi) is 6.25. The molecule has 22 heavy (non-hydrogen) atoms. The molecule has 1 fully saturated rings. The lowest BCUT2D eigenvalue weighted by Crippen LogP contribution is -2.50. The number of ether oxygens (including phenoxy) is 1. The average Bonchev–Trinajstić information content (AvgIpc) is 3.04. The summed E-state index contributed by atoms with van der Waals surface area (Å²) >= 11 is 0. The molecule has 5 heteroatoms. The van der Waals surface area contributed by atoms with E-state index in [4.69, 9.17) is 4.74 Å². The van der Waals surface area contributed by atoms with E-state index in [-0.39, 0.29) is 17.7 Å². The highest BCUT2D eigenvalue weighted by atomic mass is 16.5. The van der Waals surface area contributed by atoms with E-state index in [1.807, 2.05) is 30.3 Å². The Hall–Kier alpha value is -2.04. The van der Waals surface area contributed by atoms with Crippen molar-refractivity contribution >= 4 is 11.8 Å². The van der Waals surface area contributed by atoms with Gasteiger partial charge in [0, 0.05) is 6.92 Å². The summed E-state index contributed by atoms with van der Waals surface area (Å²) in [5, 5.41) is 5.64. The number of carbonyl (C=O) groups is 2. The SMILES string of the molecule is CC(=O)NC(C(=O)NCCOc1ccccc1)C1CCCC1. The second kappa shape index (κ2) is 8.41. The highest BCUT2D eigenvalue weighted by molar-refractivity contribution is 5.87. The summed E-state index contributed by atoms with van der Waals surface area (Å²) in [5.41, 5.74) is 0. The number of benzene rings is 1. The minimum Gasteiger partial charge on any atom is -0.492 e. The fraction of sp³-hybridized carbons (Fsp3) is 0.529. The van der Waals surface area contributed by atoms with Crippen LogP contribution in [-0.4, -0.2) is 31.0 Å². The molecule has 2 rings (SSSR count). The first-order valence-electron chi connectivity index (χ1n) is 7.89. The first-order valence-corrected chi connectivity index (χ1v) is 7.89. The van der Waals surface area contributed by atoms with Crippen molar-refractivity contribution in [2.45, 2.75) is 38.6 Å². The van der Waals surface area contributed by atoms with Gasteiger partial charge in [0.2, 0.25) is 11.8 Å². The largest absolute Gasteiger partial charge is 0.492 e. The standard InChI is InChI=1S/C17H24N2O3/c1-13(20)19-16(14-7-5-6-8-14)17(21)18-11-12-22-15-9-3-2-4-10-15/h2-4,9-10,14,16H,5-8,11-12H2,1H3,(H,18,21)(H,19,20). The van der Waals surface area contributed by atoms with Crippen molar-refractivity contribution in [1.29, 1.82) is 0 Å². The van der Waals surface area contributed by atoms with Crippen molar-refractivity contribution < 1.29 is 14.3 Å². The van der Waals surface area contributed by atoms with Crippen molar-refractivity contribution in [3.63, 3.8) is 0 Å². The Bertz CT molecular complexity index is 484. The molecule has 1 aliphatic rings. The summed E-state index contributed by atoms with van der Waals surface area (Å²) in [5.74, 6) is 0.760. The van der Waals surface area contributed by atoms with Crippen molar-refractivity contribution in [3.8, 4) is 5.75 Å². The van der Waals surface area contributed by atoms with Crippen molar-refractivity contribution in [2.75, 3.05) is 13.2 Å². The minimum atomic E-state index is -0.420. The van der Waals surface area contributed by atoms with Gasteiger partial charge in [-0.15, -0.1) is 0 Å². The molecule has 2 amide bonds. The van der Waals surface area contributed by atoms with Crippen LogP contribution in [0, 0.1) is 5.92 Å². The zero-order valence-corrected chi connectivity index (χ0v) is 13.0. The van der Waals surface area contributed by atoms with Gasteiger partial charge in [-0.25, -0.2) is 0 Å². The van der Waals surface area contributed by atoms with E-state index in [1.54, 1.807) is 0 Å². The van der Waals surface area contributed by atoms with E-state index in [2.05, 4.69) is 10.6 Å². The van der Waals surface area contributed by atoms with Crippen LogP contribution in [0.2, 0.25) is 0 Å². The fourth-order valence-corrected chi connectivity index (χ4v) is 2.88. The molecule has 2 N–H and O–H groups in total. The number of hydrogen-bond acceptors (Lipinski definition) is 3. The van der Waals surface area contributed by atoms with E-state index < -0.39 is 6.04 Å². The first-order chi connectivity index (χ1) is 10.7. The van der Waals surface area contributed by atoms with E-state index >= 15 is 0 Å². The first kappa shape index (κ1) is 16.3. The van der Waals surface area contributed by atoms with Crippen LogP contribution in [0.4, 0.5) is 0 Å². The molecule has 1 aromatic carbocycles. The van der Waals surface area contributed by atoms with Crippen LogP contribution in [0.15, 0.2) is 30.3 Å². The monoisotopic (exact) mass is 304 g/mol. The molecule has 0 bridgehead atoms. The highest BCUT2D eigenvalue weighted by Crippen LogP contribution is 2.27. The van der Waals surface area contributed by atoms with Crippen LogP contribution in [0.3, 0.4) is 0 Å². The summed E-state index contributed by atoms with van der Waals surface area (Å²) in [6, 6.07) is 9.06. The molecule has 0 heterocycles. The zero-order valence-electron chi connectivity index (χ0n) is 13.0. The third-order valence-corrected chi connectivity index (χ3v) is 3.93. The summed E-state index contributed by atoms with van der Waals surface area (Å²) in [6.45, 7) is 2.29. The summed E-state index contributed by atoms with van der Waals surface area (Å²) in [4.78, 5) is 23.6. The van der Waals surface area contributed by atoms with E-state index in [1.165, 1.54) is 6.92 Å². The molecule has 1 aromatic rings. The maximum absolute atomic E-state index is 12.3. The Morgan fingerprint density at radius 1 is 1.23 bits per heavy atom. The molecule has 0 spiro atoms. The van der Waals surface area contributed by atoms with E-state index in [0.29, 0.717) is 13.2 Å². The average molecular weight is 304 g/mol. The van der Waals surface area contributed by atoms with Crippen LogP contribution < -0.4 is 15.4 Å². The fourth-order valence-electron chi connectivity index (χ4n) is 2.88. The predicted molar refractivity (Wildman–Crippen MR) is 84.5 cm³/mol. The van der Waals surface area contributed by atoms with Gasteiger partial charge in [0.15, 0.2) is 0 Å². The Balaban J connectivity index is 1.76. The predicted octanol–water partition coefficient (Wildman–Crippen LogP) is 1.88. The van der Waals surface area contributed by atoms with E-state index in [9.17, 15) is 9.59 Å². The topological polar surface area (TPSA) is 67.4 Å². The molecular formula is C17H24N2O3. The number of amides is 2. The lowest BCUT2D eigenvalue weighted by atomic mass is 9.97. The normalized spacial score (nSPS) is 16.0. The smallest absolute Gasteiger partial charge is 0.242 e. The van der Waals surface area contributed by atoms with Crippen LogP contribution in [0.1, 0.15) is 32.6 Å². The lowest BCUT2D eigenvalue weighted by molar-refractivity contribution is -0.129. The lowest BCUT2D eigenvalue weighted by Gasteiger charge is -2.23. The third kappa shape index (κ3) is 5.06. The number of carbonyl (C=O) groups excluding carboxylic acids is 2. The van der Waals surface area contributed by atoms with Crippen molar-refractivity contribution in [2.24, 2.45) is 5.92 Å². The Morgan fingerprint density at radius 2 is 1.91 bits per heavy atom. The highest BCUT2D eigenvalue weighted by Gasteiger charge is 2.30. The second-order valence-electron chi connectivity index (χ2n) is 5.68. The minimum absolute atomic E-state index is 0.112. The molecule has 1 aliphatic carbocycles. The summed E-state index contributed by atoms with van der Waals surface area (Å²) in [6.07, 6.45) is 4.26. The maximum atomic E-state index is 12.3. The van der Waals surface area contributed by atoms with Gasteiger partial charge in [0.1, 0.15) is 18.4 Å². The van der Waals surface area contributed by atoms with Gasteiger partial charge in [0.05, 0.1) is 6.54 Å². The molecular weight excluding hydrogens is 280 g/mol. The van der Waals surface area contributed by atoms with Gasteiger partial charge in [-0.3, -0.25) is 9.59 Å². The Morgan fingerprint density at radius 3 is 2.55 bits per heavy atom. The van der Waals surface area contributed by atoms with Crippen LogP contribution in [0.25, 0.3) is 0 Å². The number of hydrogen-bond donors (Lipinski definition) is 2. The quantitative estimate of drug-likeness (QED) is 0.756. The van der Waals surface area contributed by atoms with Gasteiger partial charge >= 0.3 is 0 Å². The van der Waals surface area contributed by atoms with E-state index in [0.717, 1.165) is 31.4 Å². The van der Waals surface area contributed by atoms with Crippen LogP contribution >= 0.6 is 0 Å². The molecule has 120 valence electrons. The van der Waals surface area contributed by atoms with Crippen molar-refractivity contribution in [1.82, 2.24) is 10.6 Å². The van der Waals surface area contributed by atoms with Gasteiger partial charge in [-0.05, 0) is 30.9 Å². The number of nitrogens with one attached hydrogen (secondary N) is 2. The van der Waals surface area contributed by atoms with Gasteiger partial charge in [-0.2, -0.15) is 0 Å². The van der Waals surface area contributed by atoms with Gasteiger partial charge in [0.25, 0.3) is 0 Å². The molecule has 0 radical (unpaired) electrons. The molecule has 1 saturated carbocycles. The second-order valence-corrected chi connectivity index (χ2v) is 5.68. The van der Waals surface area contributed by atoms with Gasteiger partial charge < -0.3 is 15.4 Å². The molecule has 1 unspecified atom stereocenters. The Labute approximate surface area is 131 Å². The molecule has 0 aliphatic heterocycles. The third-order valence-electron chi connectivity index (χ3n) is 3.93. The maximum Gasteiger partial charge on any atom is 0.242 e. The number of para-hydroxylation sites is 1.